The second-order valence-corrected chi connectivity index (χ2v) is 6.70. The molecule has 0 aliphatic heterocycles. The fourth-order valence-corrected chi connectivity index (χ4v) is 2.61. The molecule has 7 nitrogen and oxygen atoms in total. The fraction of sp³-hybridized carbons (Fsp3) is 0.474. The Balaban J connectivity index is 1.95. The first-order chi connectivity index (χ1) is 12.3. The molecule has 7 heteroatoms. The van der Waals surface area contributed by atoms with Crippen LogP contribution in [-0.4, -0.2) is 32.1 Å². The minimum absolute atomic E-state index is 0.0679. The summed E-state index contributed by atoms with van der Waals surface area (Å²) in [4.78, 5) is 23.7. The number of amides is 3. The van der Waals surface area contributed by atoms with Crippen molar-refractivity contribution in [2.75, 3.05) is 20.2 Å². The lowest BCUT2D eigenvalue weighted by molar-refractivity contribution is -0.120. The van der Waals surface area contributed by atoms with Crippen LogP contribution in [0, 0.1) is 12.8 Å². The Labute approximate surface area is 153 Å². The lowest BCUT2D eigenvalue weighted by Crippen LogP contribution is -2.43. The van der Waals surface area contributed by atoms with E-state index in [1.54, 1.807) is 7.11 Å². The van der Waals surface area contributed by atoms with Crippen LogP contribution in [0.5, 0.6) is 5.75 Å². The summed E-state index contributed by atoms with van der Waals surface area (Å²) in [6.07, 6.45) is 0. The van der Waals surface area contributed by atoms with Gasteiger partial charge in [-0.2, -0.15) is 0 Å². The highest BCUT2D eigenvalue weighted by Crippen LogP contribution is 2.31. The van der Waals surface area contributed by atoms with Crippen LogP contribution in [0.15, 0.2) is 22.6 Å². The molecule has 1 heterocycles. The third kappa shape index (κ3) is 4.91. The predicted molar refractivity (Wildman–Crippen MR) is 100 cm³/mol. The number of methoxy groups -OCH3 is 1. The van der Waals surface area contributed by atoms with Crippen molar-refractivity contribution >= 4 is 22.9 Å². The minimum atomic E-state index is -0.422. The average Bonchev–Trinajstić information content (AvgIpc) is 2.94. The molecule has 0 radical (unpaired) electrons. The molecule has 1 aromatic heterocycles. The van der Waals surface area contributed by atoms with E-state index >= 15 is 0 Å². The summed E-state index contributed by atoms with van der Waals surface area (Å²) in [5, 5.41) is 9.04. The van der Waals surface area contributed by atoms with Crippen molar-refractivity contribution < 1.29 is 18.7 Å². The molecule has 1 aromatic carbocycles. The molecule has 0 saturated carbocycles. The summed E-state index contributed by atoms with van der Waals surface area (Å²) in [6, 6.07) is 4.82. The largest absolute Gasteiger partial charge is 0.497 e. The maximum Gasteiger partial charge on any atom is 0.315 e. The van der Waals surface area contributed by atoms with E-state index < -0.39 is 6.03 Å². The van der Waals surface area contributed by atoms with E-state index in [2.05, 4.69) is 16.0 Å². The van der Waals surface area contributed by atoms with E-state index in [4.69, 9.17) is 9.15 Å². The van der Waals surface area contributed by atoms with E-state index in [-0.39, 0.29) is 18.5 Å². The number of hydrogen-bond donors (Lipinski definition) is 3. The van der Waals surface area contributed by atoms with Gasteiger partial charge in [-0.05, 0) is 38.0 Å². The third-order valence-corrected chi connectivity index (χ3v) is 4.04. The van der Waals surface area contributed by atoms with Crippen LogP contribution in [0.3, 0.4) is 0 Å². The maximum absolute atomic E-state index is 12.0. The summed E-state index contributed by atoms with van der Waals surface area (Å²) in [6.45, 7) is 8.30. The topological polar surface area (TPSA) is 92.6 Å². The number of hydrogen-bond acceptors (Lipinski definition) is 4. The van der Waals surface area contributed by atoms with Crippen molar-refractivity contribution in [1.29, 1.82) is 0 Å². The molecule has 142 valence electrons. The minimum Gasteiger partial charge on any atom is -0.497 e. The quantitative estimate of drug-likeness (QED) is 0.707. The normalized spacial score (nSPS) is 12.1. The third-order valence-electron chi connectivity index (χ3n) is 4.04. The number of benzene rings is 1. The van der Waals surface area contributed by atoms with E-state index in [0.717, 1.165) is 22.3 Å². The van der Waals surface area contributed by atoms with Crippen LogP contribution >= 0.6 is 0 Å². The Bertz CT molecular complexity index is 782. The van der Waals surface area contributed by atoms with Crippen molar-refractivity contribution in [3.8, 4) is 5.75 Å². The van der Waals surface area contributed by atoms with Crippen LogP contribution < -0.4 is 20.7 Å². The van der Waals surface area contributed by atoms with Gasteiger partial charge in [0, 0.05) is 17.5 Å². The maximum atomic E-state index is 12.0. The first-order valence-electron chi connectivity index (χ1n) is 8.70. The summed E-state index contributed by atoms with van der Waals surface area (Å²) >= 11 is 0. The highest BCUT2D eigenvalue weighted by molar-refractivity contribution is 5.85. The van der Waals surface area contributed by atoms with E-state index in [1.807, 2.05) is 45.9 Å². The molecule has 1 atom stereocenters. The Morgan fingerprint density at radius 3 is 2.58 bits per heavy atom. The highest BCUT2D eigenvalue weighted by Gasteiger charge is 2.19. The smallest absolute Gasteiger partial charge is 0.315 e. The number of rotatable bonds is 7. The summed E-state index contributed by atoms with van der Waals surface area (Å²) in [7, 11) is 1.61. The molecule has 1 unspecified atom stereocenters. The summed E-state index contributed by atoms with van der Waals surface area (Å²) < 4.78 is 11.1. The van der Waals surface area contributed by atoms with Crippen molar-refractivity contribution in [2.24, 2.45) is 5.92 Å². The van der Waals surface area contributed by atoms with Crippen molar-refractivity contribution in [1.82, 2.24) is 16.0 Å². The van der Waals surface area contributed by atoms with Crippen LogP contribution in [0.2, 0.25) is 0 Å². The van der Waals surface area contributed by atoms with Gasteiger partial charge in [0.05, 0.1) is 19.7 Å². The molecular weight excluding hydrogens is 334 g/mol. The van der Waals surface area contributed by atoms with Gasteiger partial charge >= 0.3 is 6.03 Å². The lowest BCUT2D eigenvalue weighted by Gasteiger charge is -2.14. The van der Waals surface area contributed by atoms with E-state index in [0.29, 0.717) is 18.2 Å². The SMILES string of the molecule is COc1ccc2oc(C(C)NC(=O)NCC(=O)NCC(C)C)c(C)c2c1. The second kappa shape index (κ2) is 8.60. The summed E-state index contributed by atoms with van der Waals surface area (Å²) in [5.74, 6) is 1.57. The van der Waals surface area contributed by atoms with Crippen molar-refractivity contribution in [3.05, 3.63) is 29.5 Å². The molecule has 2 aromatic rings. The van der Waals surface area contributed by atoms with Gasteiger partial charge in [0.15, 0.2) is 0 Å². The molecule has 0 bridgehead atoms. The number of urea groups is 1. The van der Waals surface area contributed by atoms with Gasteiger partial charge in [-0.15, -0.1) is 0 Å². The lowest BCUT2D eigenvalue weighted by atomic mass is 10.1. The molecule has 0 saturated heterocycles. The number of ether oxygens (including phenoxy) is 1. The molecule has 0 aliphatic rings. The Morgan fingerprint density at radius 2 is 1.92 bits per heavy atom. The van der Waals surface area contributed by atoms with Gasteiger partial charge in [0.1, 0.15) is 17.1 Å². The zero-order valence-electron chi connectivity index (χ0n) is 15.9. The summed E-state index contributed by atoms with van der Waals surface area (Å²) in [5.41, 5.74) is 1.68. The number of nitrogens with one attached hydrogen (secondary N) is 3. The molecular formula is C19H27N3O4. The molecule has 26 heavy (non-hydrogen) atoms. The number of carbonyl (C=O) groups excluding carboxylic acids is 2. The molecule has 0 fully saturated rings. The Morgan fingerprint density at radius 1 is 1.19 bits per heavy atom. The first kappa shape index (κ1) is 19.6. The van der Waals surface area contributed by atoms with Crippen LogP contribution in [0.25, 0.3) is 11.0 Å². The van der Waals surface area contributed by atoms with Crippen LogP contribution in [0.4, 0.5) is 4.79 Å². The number of fused-ring (bicyclic) bond motifs is 1. The number of carbonyl (C=O) groups is 2. The Kier molecular flexibility index (Phi) is 6.49. The first-order valence-corrected chi connectivity index (χ1v) is 8.70. The average molecular weight is 361 g/mol. The molecule has 3 N–H and O–H groups in total. The van der Waals surface area contributed by atoms with Gasteiger partial charge in [0.2, 0.25) is 5.91 Å². The molecule has 2 rings (SSSR count). The van der Waals surface area contributed by atoms with Crippen LogP contribution in [0.1, 0.15) is 38.1 Å². The van der Waals surface area contributed by atoms with Crippen molar-refractivity contribution in [2.45, 2.75) is 33.7 Å². The molecule has 0 aliphatic carbocycles. The van der Waals surface area contributed by atoms with Crippen molar-refractivity contribution in [3.63, 3.8) is 0 Å². The zero-order chi connectivity index (χ0) is 19.3. The van der Waals surface area contributed by atoms with Gasteiger partial charge in [-0.3, -0.25) is 4.79 Å². The monoisotopic (exact) mass is 361 g/mol. The Hall–Kier alpha value is -2.70. The fourth-order valence-electron chi connectivity index (χ4n) is 2.61. The number of furan rings is 1. The predicted octanol–water partition coefficient (Wildman–Crippen LogP) is 2.88. The molecule has 0 spiro atoms. The standard InChI is InChI=1S/C19H27N3O4/c1-11(2)9-20-17(23)10-21-19(24)22-13(4)18-12(3)15-8-14(25-5)6-7-16(15)26-18/h6-8,11,13H,9-10H2,1-5H3,(H,20,23)(H2,21,22,24). The zero-order valence-corrected chi connectivity index (χ0v) is 15.9. The number of aryl methyl sites for hydroxylation is 1. The van der Waals surface area contributed by atoms with Crippen LogP contribution in [-0.2, 0) is 4.79 Å². The second-order valence-electron chi connectivity index (χ2n) is 6.70. The van der Waals surface area contributed by atoms with Gasteiger partial charge in [0.25, 0.3) is 0 Å². The van der Waals surface area contributed by atoms with Gasteiger partial charge in [-0.25, -0.2) is 4.79 Å². The van der Waals surface area contributed by atoms with Gasteiger partial charge < -0.3 is 25.1 Å². The highest BCUT2D eigenvalue weighted by atomic mass is 16.5. The van der Waals surface area contributed by atoms with E-state index in [1.165, 1.54) is 0 Å². The molecule has 3 amide bonds. The van der Waals surface area contributed by atoms with Gasteiger partial charge in [-0.1, -0.05) is 13.8 Å². The van der Waals surface area contributed by atoms with E-state index in [9.17, 15) is 9.59 Å².